The van der Waals surface area contributed by atoms with Crippen LogP contribution in [0.1, 0.15) is 30.8 Å². The van der Waals surface area contributed by atoms with Gasteiger partial charge in [-0.3, -0.25) is 9.59 Å². The van der Waals surface area contributed by atoms with Crippen molar-refractivity contribution in [2.75, 3.05) is 0 Å². The van der Waals surface area contributed by atoms with Crippen LogP contribution in [0.25, 0.3) is 10.8 Å². The van der Waals surface area contributed by atoms with Crippen molar-refractivity contribution in [3.63, 3.8) is 0 Å². The first-order valence-electron chi connectivity index (χ1n) is 6.42. The molecule has 1 aromatic heterocycles. The Hall–Kier alpha value is -2.70. The Kier molecular flexibility index (Phi) is 3.75. The second-order valence-electron chi connectivity index (χ2n) is 4.89. The minimum absolute atomic E-state index is 0.00822. The number of hydrogen-bond donors (Lipinski definition) is 3. The summed E-state index contributed by atoms with van der Waals surface area (Å²) in [5.41, 5.74) is -1.81. The summed E-state index contributed by atoms with van der Waals surface area (Å²) in [7, 11) is 0. The van der Waals surface area contributed by atoms with Crippen LogP contribution in [0.5, 0.6) is 0 Å². The third-order valence-electron chi connectivity index (χ3n) is 3.48. The molecule has 21 heavy (non-hydrogen) atoms. The van der Waals surface area contributed by atoms with Crippen molar-refractivity contribution in [2.24, 2.45) is 0 Å². The molecule has 0 saturated carbocycles. The molecule has 2 rings (SSSR count). The molecule has 0 radical (unpaired) electrons. The summed E-state index contributed by atoms with van der Waals surface area (Å²) in [6.07, 6.45) is 0.218. The van der Waals surface area contributed by atoms with E-state index in [4.69, 9.17) is 0 Å². The molecular formula is C14H15N3O4. The van der Waals surface area contributed by atoms with Gasteiger partial charge in [0.15, 0.2) is 5.69 Å². The minimum Gasteiger partial charge on any atom is -0.480 e. The van der Waals surface area contributed by atoms with E-state index < -0.39 is 23.0 Å². The summed E-state index contributed by atoms with van der Waals surface area (Å²) in [5, 5.41) is 18.3. The lowest BCUT2D eigenvalue weighted by atomic mass is 9.98. The summed E-state index contributed by atoms with van der Waals surface area (Å²) in [4.78, 5) is 35.2. The van der Waals surface area contributed by atoms with Crippen LogP contribution < -0.4 is 10.9 Å². The number of nitrogens with zero attached hydrogens (tertiary/aromatic N) is 1. The van der Waals surface area contributed by atoms with Gasteiger partial charge in [-0.1, -0.05) is 25.1 Å². The van der Waals surface area contributed by atoms with Gasteiger partial charge in [-0.05, 0) is 19.4 Å². The molecule has 1 unspecified atom stereocenters. The third-order valence-corrected chi connectivity index (χ3v) is 3.48. The Morgan fingerprint density at radius 1 is 1.33 bits per heavy atom. The van der Waals surface area contributed by atoms with Gasteiger partial charge in [0.25, 0.3) is 11.5 Å². The number of aromatic amines is 1. The normalized spacial score (nSPS) is 13.6. The molecule has 0 aliphatic heterocycles. The minimum atomic E-state index is -1.39. The Morgan fingerprint density at radius 3 is 2.52 bits per heavy atom. The van der Waals surface area contributed by atoms with E-state index in [1.54, 1.807) is 31.2 Å². The van der Waals surface area contributed by atoms with E-state index in [2.05, 4.69) is 15.5 Å². The molecule has 0 bridgehead atoms. The average Bonchev–Trinajstić information content (AvgIpc) is 2.47. The van der Waals surface area contributed by atoms with Crippen LogP contribution in [-0.2, 0) is 4.79 Å². The molecule has 3 N–H and O–H groups in total. The summed E-state index contributed by atoms with van der Waals surface area (Å²) in [6.45, 7) is 3.08. The van der Waals surface area contributed by atoms with Crippen LogP contribution in [0.3, 0.4) is 0 Å². The third kappa shape index (κ3) is 2.62. The van der Waals surface area contributed by atoms with Crippen LogP contribution in [-0.4, -0.2) is 32.7 Å². The molecule has 0 aliphatic rings. The van der Waals surface area contributed by atoms with E-state index in [0.717, 1.165) is 0 Å². The fourth-order valence-corrected chi connectivity index (χ4v) is 1.89. The number of carbonyl (C=O) groups excluding carboxylic acids is 1. The lowest BCUT2D eigenvalue weighted by molar-refractivity contribution is -0.143. The summed E-state index contributed by atoms with van der Waals surface area (Å²) in [5.74, 6) is -1.78. The summed E-state index contributed by atoms with van der Waals surface area (Å²) >= 11 is 0. The van der Waals surface area contributed by atoms with Gasteiger partial charge in [0.2, 0.25) is 0 Å². The van der Waals surface area contributed by atoms with Crippen molar-refractivity contribution in [2.45, 2.75) is 25.8 Å². The number of aliphatic carboxylic acids is 1. The molecule has 110 valence electrons. The number of aromatic nitrogens is 2. The Labute approximate surface area is 120 Å². The number of carboxylic acid groups (broad SMARTS) is 1. The second-order valence-corrected chi connectivity index (χ2v) is 4.89. The van der Waals surface area contributed by atoms with Crippen molar-refractivity contribution in [1.29, 1.82) is 0 Å². The molecule has 1 aromatic carbocycles. The molecule has 0 spiro atoms. The van der Waals surface area contributed by atoms with Crippen molar-refractivity contribution in [3.8, 4) is 0 Å². The topological polar surface area (TPSA) is 112 Å². The zero-order chi connectivity index (χ0) is 15.6. The summed E-state index contributed by atoms with van der Waals surface area (Å²) in [6, 6.07) is 6.52. The summed E-state index contributed by atoms with van der Waals surface area (Å²) < 4.78 is 0. The monoisotopic (exact) mass is 289 g/mol. The maximum absolute atomic E-state index is 12.3. The van der Waals surface area contributed by atoms with Crippen LogP contribution >= 0.6 is 0 Å². The second kappa shape index (κ2) is 5.35. The molecule has 7 heteroatoms. The highest BCUT2D eigenvalue weighted by molar-refractivity contribution is 6.06. The van der Waals surface area contributed by atoms with Gasteiger partial charge in [-0.25, -0.2) is 9.89 Å². The molecule has 0 fully saturated rings. The van der Waals surface area contributed by atoms with Crippen molar-refractivity contribution < 1.29 is 14.7 Å². The largest absolute Gasteiger partial charge is 0.480 e. The molecule has 1 heterocycles. The van der Waals surface area contributed by atoms with Crippen LogP contribution in [0, 0.1) is 0 Å². The van der Waals surface area contributed by atoms with E-state index in [9.17, 15) is 19.5 Å². The van der Waals surface area contributed by atoms with Gasteiger partial charge in [-0.15, -0.1) is 0 Å². The van der Waals surface area contributed by atoms with Crippen LogP contribution in [0.2, 0.25) is 0 Å². The number of H-pyrrole nitrogens is 1. The Bertz CT molecular complexity index is 768. The quantitative estimate of drug-likeness (QED) is 0.774. The SMILES string of the molecule is CCC(C)(NC(=O)c1n[nH]c(=O)c2ccccc12)C(=O)O. The molecule has 1 atom stereocenters. The smallest absolute Gasteiger partial charge is 0.329 e. The number of fused-ring (bicyclic) bond motifs is 1. The average molecular weight is 289 g/mol. The number of benzene rings is 1. The zero-order valence-corrected chi connectivity index (χ0v) is 11.6. The lowest BCUT2D eigenvalue weighted by Crippen LogP contribution is -2.52. The van der Waals surface area contributed by atoms with Crippen LogP contribution in [0.15, 0.2) is 29.1 Å². The number of carboxylic acids is 1. The van der Waals surface area contributed by atoms with Gasteiger partial charge >= 0.3 is 5.97 Å². The highest BCUT2D eigenvalue weighted by atomic mass is 16.4. The van der Waals surface area contributed by atoms with E-state index in [1.807, 2.05) is 0 Å². The molecule has 7 nitrogen and oxygen atoms in total. The van der Waals surface area contributed by atoms with Gasteiger partial charge < -0.3 is 10.4 Å². The first kappa shape index (κ1) is 14.7. The first-order valence-corrected chi connectivity index (χ1v) is 6.42. The molecule has 0 saturated heterocycles. The maximum atomic E-state index is 12.3. The number of carbonyl (C=O) groups is 2. The van der Waals surface area contributed by atoms with E-state index in [0.29, 0.717) is 10.8 Å². The van der Waals surface area contributed by atoms with Gasteiger partial charge in [-0.2, -0.15) is 5.10 Å². The zero-order valence-electron chi connectivity index (χ0n) is 11.6. The fraction of sp³-hybridized carbons (Fsp3) is 0.286. The van der Waals surface area contributed by atoms with Crippen LogP contribution in [0.4, 0.5) is 0 Å². The molecule has 1 amide bonds. The van der Waals surface area contributed by atoms with Gasteiger partial charge in [0, 0.05) is 5.39 Å². The number of rotatable bonds is 4. The maximum Gasteiger partial charge on any atom is 0.329 e. The predicted octanol–water partition coefficient (Wildman–Crippen LogP) is 0.906. The Morgan fingerprint density at radius 2 is 1.95 bits per heavy atom. The van der Waals surface area contributed by atoms with Crippen molar-refractivity contribution in [3.05, 3.63) is 40.3 Å². The van der Waals surface area contributed by atoms with Crippen molar-refractivity contribution in [1.82, 2.24) is 15.5 Å². The van der Waals surface area contributed by atoms with Crippen molar-refractivity contribution >= 4 is 22.6 Å². The lowest BCUT2D eigenvalue weighted by Gasteiger charge is -2.24. The van der Waals surface area contributed by atoms with Gasteiger partial charge in [0.1, 0.15) is 5.54 Å². The highest BCUT2D eigenvalue weighted by Crippen LogP contribution is 2.15. The fourth-order valence-electron chi connectivity index (χ4n) is 1.89. The van der Waals surface area contributed by atoms with Gasteiger partial charge in [0.05, 0.1) is 5.39 Å². The van der Waals surface area contributed by atoms with E-state index >= 15 is 0 Å². The number of amides is 1. The van der Waals surface area contributed by atoms with E-state index in [1.165, 1.54) is 6.92 Å². The molecule has 2 aromatic rings. The first-order chi connectivity index (χ1) is 9.89. The number of hydrogen-bond acceptors (Lipinski definition) is 4. The standard InChI is InChI=1S/C14H15N3O4/c1-3-14(2,13(20)21)15-12(19)10-8-6-4-5-7-9(8)11(18)17-16-10/h4-7H,3H2,1-2H3,(H,15,19)(H,17,18)(H,20,21). The molecular weight excluding hydrogens is 274 g/mol. The predicted molar refractivity (Wildman–Crippen MR) is 76.2 cm³/mol. The highest BCUT2D eigenvalue weighted by Gasteiger charge is 2.33. The Balaban J connectivity index is 2.48. The van der Waals surface area contributed by atoms with E-state index in [-0.39, 0.29) is 12.1 Å². The molecule has 0 aliphatic carbocycles. The number of nitrogens with one attached hydrogen (secondary N) is 2.